The Bertz CT molecular complexity index is 368. The molecule has 0 atom stereocenters. The van der Waals surface area contributed by atoms with Crippen LogP contribution in [0.15, 0.2) is 11.8 Å². The molecule has 0 aromatic heterocycles. The van der Waals surface area contributed by atoms with Crippen molar-refractivity contribution < 1.29 is 94.4 Å². The minimum Gasteiger partial charge on any atom is -0.877 e. The van der Waals surface area contributed by atoms with E-state index in [1.165, 1.54) is 6.07 Å². The molecule has 1 rings (SSSR count). The molecular formula is C18H30KNO9. The molecular weight excluding hydrogens is 413 g/mol. The van der Waals surface area contributed by atoms with Crippen LogP contribution in [0.25, 0.3) is 0 Å². The SMILES string of the molecule is C1COCCOCCOCCOCCOCCO1.CCOC(=O)/C(C#N)=C\[O-].[K+]. The summed E-state index contributed by atoms with van der Waals surface area (Å²) in [7, 11) is 0. The number of carbonyl (C=O) groups excluding carboxylic acids is 1. The maximum atomic E-state index is 10.5. The molecule has 0 unspecified atom stereocenters. The standard InChI is InChI=1S/C12H24O6.C6H7NO3.K/c1-2-14-5-6-16-9-10-18-12-11-17-8-7-15-4-3-13-1;1-2-10-6(9)5(3-7)4-8;/h1-12H2;4,8H,2H2,1H3;/q;;+1/p-1/b;5-4-;. The van der Waals surface area contributed by atoms with Gasteiger partial charge in [-0.2, -0.15) is 5.26 Å². The van der Waals surface area contributed by atoms with Gasteiger partial charge in [0.2, 0.25) is 0 Å². The third-order valence-corrected chi connectivity index (χ3v) is 2.97. The fourth-order valence-corrected chi connectivity index (χ4v) is 1.65. The Labute approximate surface area is 214 Å². The van der Waals surface area contributed by atoms with Crippen molar-refractivity contribution in [3.63, 3.8) is 0 Å². The largest absolute Gasteiger partial charge is 1.00 e. The smallest absolute Gasteiger partial charge is 0.877 e. The van der Waals surface area contributed by atoms with E-state index in [0.717, 1.165) is 0 Å². The fourth-order valence-electron chi connectivity index (χ4n) is 1.65. The molecule has 10 nitrogen and oxygen atoms in total. The van der Waals surface area contributed by atoms with Crippen LogP contribution in [0.1, 0.15) is 6.92 Å². The van der Waals surface area contributed by atoms with Gasteiger partial charge < -0.3 is 38.3 Å². The van der Waals surface area contributed by atoms with Gasteiger partial charge in [0.05, 0.1) is 85.9 Å². The van der Waals surface area contributed by atoms with Gasteiger partial charge in [-0.1, -0.05) is 0 Å². The zero-order valence-electron chi connectivity index (χ0n) is 17.4. The van der Waals surface area contributed by atoms with Gasteiger partial charge in [0.25, 0.3) is 0 Å². The zero-order valence-corrected chi connectivity index (χ0v) is 20.5. The van der Waals surface area contributed by atoms with Crippen LogP contribution in [0.5, 0.6) is 0 Å². The second kappa shape index (κ2) is 25.9. The summed E-state index contributed by atoms with van der Waals surface area (Å²) in [6.07, 6.45) is 0.179. The van der Waals surface area contributed by atoms with Crippen LogP contribution in [0.2, 0.25) is 0 Å². The first-order valence-corrected chi connectivity index (χ1v) is 9.12. The van der Waals surface area contributed by atoms with E-state index in [1.54, 1.807) is 6.92 Å². The normalized spacial score (nSPS) is 18.4. The van der Waals surface area contributed by atoms with Gasteiger partial charge in [0.1, 0.15) is 11.6 Å². The van der Waals surface area contributed by atoms with E-state index >= 15 is 0 Å². The summed E-state index contributed by atoms with van der Waals surface area (Å²) in [6.45, 7) is 8.79. The average Bonchev–Trinajstić information content (AvgIpc) is 2.70. The van der Waals surface area contributed by atoms with Crippen molar-refractivity contribution in [3.8, 4) is 6.07 Å². The topological polar surface area (TPSA) is 129 Å². The molecule has 0 aliphatic carbocycles. The molecule has 11 heteroatoms. The first kappa shape index (κ1) is 31.1. The Balaban J connectivity index is 0. The summed E-state index contributed by atoms with van der Waals surface area (Å²) in [5.41, 5.74) is -0.498. The van der Waals surface area contributed by atoms with Crippen LogP contribution in [0, 0.1) is 11.3 Å². The summed E-state index contributed by atoms with van der Waals surface area (Å²) < 4.78 is 36.3. The number of carbonyl (C=O) groups is 1. The zero-order chi connectivity index (χ0) is 20.7. The predicted octanol–water partition coefficient (Wildman–Crippen LogP) is -3.58. The van der Waals surface area contributed by atoms with Crippen molar-refractivity contribution in [1.29, 1.82) is 5.26 Å². The van der Waals surface area contributed by atoms with E-state index in [2.05, 4.69) is 4.74 Å². The molecule has 0 aromatic rings. The number of esters is 1. The molecule has 29 heavy (non-hydrogen) atoms. The van der Waals surface area contributed by atoms with Crippen LogP contribution < -0.4 is 56.5 Å². The quantitative estimate of drug-likeness (QED) is 0.139. The molecule has 1 saturated heterocycles. The Morgan fingerprint density at radius 3 is 1.28 bits per heavy atom. The Kier molecular flexibility index (Phi) is 27.8. The third kappa shape index (κ3) is 22.4. The molecule has 0 saturated carbocycles. The Morgan fingerprint density at radius 1 is 0.828 bits per heavy atom. The minimum atomic E-state index is -0.861. The van der Waals surface area contributed by atoms with E-state index in [-0.39, 0.29) is 64.3 Å². The summed E-state index contributed by atoms with van der Waals surface area (Å²) in [5.74, 6) is -0.861. The van der Waals surface area contributed by atoms with Crippen LogP contribution in [-0.2, 0) is 38.0 Å². The molecule has 0 radical (unpaired) electrons. The molecule has 0 amide bonds. The van der Waals surface area contributed by atoms with E-state index in [9.17, 15) is 9.90 Å². The van der Waals surface area contributed by atoms with Crippen molar-refractivity contribution in [2.24, 2.45) is 0 Å². The number of rotatable bonds is 2. The van der Waals surface area contributed by atoms with Crippen molar-refractivity contribution in [2.75, 3.05) is 85.9 Å². The van der Waals surface area contributed by atoms with E-state index < -0.39 is 11.5 Å². The van der Waals surface area contributed by atoms with Gasteiger partial charge in [-0.15, -0.1) is 6.26 Å². The summed E-state index contributed by atoms with van der Waals surface area (Å²) >= 11 is 0. The van der Waals surface area contributed by atoms with Crippen LogP contribution in [0.3, 0.4) is 0 Å². The maximum absolute atomic E-state index is 10.5. The molecule has 1 aliphatic heterocycles. The predicted molar refractivity (Wildman–Crippen MR) is 95.2 cm³/mol. The third-order valence-electron chi connectivity index (χ3n) is 2.97. The molecule has 162 valence electrons. The number of nitriles is 1. The van der Waals surface area contributed by atoms with Crippen LogP contribution in [-0.4, -0.2) is 91.9 Å². The van der Waals surface area contributed by atoms with Crippen molar-refractivity contribution in [3.05, 3.63) is 11.8 Å². The van der Waals surface area contributed by atoms with Crippen molar-refractivity contribution in [1.82, 2.24) is 0 Å². The first-order valence-electron chi connectivity index (χ1n) is 9.12. The number of nitrogens with zero attached hydrogens (tertiary/aromatic N) is 1. The molecule has 0 bridgehead atoms. The van der Waals surface area contributed by atoms with Gasteiger partial charge in [-0.3, -0.25) is 0 Å². The van der Waals surface area contributed by atoms with Crippen LogP contribution >= 0.6 is 0 Å². The van der Waals surface area contributed by atoms with Gasteiger partial charge in [0, 0.05) is 0 Å². The maximum Gasteiger partial charge on any atom is 1.00 e. The Hall–Kier alpha value is -0.104. The van der Waals surface area contributed by atoms with E-state index in [1.807, 2.05) is 0 Å². The Morgan fingerprint density at radius 2 is 1.10 bits per heavy atom. The van der Waals surface area contributed by atoms with Gasteiger partial charge in [-0.05, 0) is 6.92 Å². The second-order valence-electron chi connectivity index (χ2n) is 5.04. The molecule has 1 aliphatic rings. The van der Waals surface area contributed by atoms with Crippen molar-refractivity contribution in [2.45, 2.75) is 6.92 Å². The fraction of sp³-hybridized carbons (Fsp3) is 0.778. The van der Waals surface area contributed by atoms with E-state index in [0.29, 0.717) is 79.3 Å². The second-order valence-corrected chi connectivity index (χ2v) is 5.04. The molecule has 1 heterocycles. The van der Waals surface area contributed by atoms with Gasteiger partial charge in [-0.25, -0.2) is 4.79 Å². The molecule has 1 fully saturated rings. The number of hydrogen-bond donors (Lipinski definition) is 0. The number of ether oxygens (including phenoxy) is 7. The van der Waals surface area contributed by atoms with Gasteiger partial charge >= 0.3 is 57.4 Å². The summed E-state index contributed by atoms with van der Waals surface area (Å²) in [5, 5.41) is 18.0. The summed E-state index contributed by atoms with van der Waals surface area (Å²) in [4.78, 5) is 10.5. The van der Waals surface area contributed by atoms with Gasteiger partial charge in [0.15, 0.2) is 0 Å². The number of hydrogen-bond acceptors (Lipinski definition) is 10. The monoisotopic (exact) mass is 443 g/mol. The molecule has 0 spiro atoms. The van der Waals surface area contributed by atoms with Crippen LogP contribution in [0.4, 0.5) is 0 Å². The van der Waals surface area contributed by atoms with Crippen molar-refractivity contribution >= 4 is 5.97 Å². The average molecular weight is 444 g/mol. The molecule has 0 N–H and O–H groups in total. The minimum absolute atomic E-state index is 0. The first-order chi connectivity index (χ1) is 13.8. The summed E-state index contributed by atoms with van der Waals surface area (Å²) in [6, 6.07) is 1.41. The molecule has 0 aromatic carbocycles. The van der Waals surface area contributed by atoms with E-state index in [4.69, 9.17) is 33.7 Å².